The number of H-pyrrole nitrogens is 1. The van der Waals surface area contributed by atoms with Crippen molar-refractivity contribution in [2.24, 2.45) is 4.99 Å². The minimum absolute atomic E-state index is 0.0848. The maximum absolute atomic E-state index is 11.8. The maximum Gasteiger partial charge on any atom is 0.321 e. The first-order chi connectivity index (χ1) is 11.1. The molecule has 0 saturated heterocycles. The Morgan fingerprint density at radius 3 is 2.87 bits per heavy atom. The third kappa shape index (κ3) is 5.22. The van der Waals surface area contributed by atoms with Gasteiger partial charge in [-0.2, -0.15) is 0 Å². The lowest BCUT2D eigenvalue weighted by Gasteiger charge is -2.08. The molecule has 1 aromatic carbocycles. The number of aryl methyl sites for hydroxylation is 1. The number of nitrogens with one attached hydrogen (secondary N) is 3. The Kier molecular flexibility index (Phi) is 5.38. The van der Waals surface area contributed by atoms with E-state index in [4.69, 9.17) is 0 Å². The molecular weight excluding hydrogens is 298 g/mol. The molecule has 3 N–H and O–H groups in total. The van der Waals surface area contributed by atoms with Crippen LogP contribution in [-0.2, 0) is 17.9 Å². The van der Waals surface area contributed by atoms with Gasteiger partial charge in [0.05, 0.1) is 6.54 Å². The Bertz CT molecular complexity index is 809. The molecule has 2 amide bonds. The van der Waals surface area contributed by atoms with Crippen molar-refractivity contribution >= 4 is 18.1 Å². The molecule has 0 radical (unpaired) electrons. The molecule has 0 aliphatic carbocycles. The van der Waals surface area contributed by atoms with Crippen molar-refractivity contribution in [3.05, 3.63) is 57.5 Å². The summed E-state index contributed by atoms with van der Waals surface area (Å²) in [6.07, 6.45) is 1.48. The Morgan fingerprint density at radius 1 is 1.35 bits per heavy atom. The number of aliphatic imine (C=N–C) groups is 1. The molecule has 8 heteroatoms. The van der Waals surface area contributed by atoms with Gasteiger partial charge in [-0.25, -0.2) is 19.6 Å². The largest absolute Gasteiger partial charge is 0.334 e. The normalized spacial score (nSPS) is 9.78. The van der Waals surface area contributed by atoms with Gasteiger partial charge in [0.15, 0.2) is 0 Å². The van der Waals surface area contributed by atoms with Crippen LogP contribution in [0.5, 0.6) is 0 Å². The SMILES string of the molecule is Cc1cc(=O)[nH]c(NC(=O)NCc2cccc(CN=C=O)c2)n1. The average molecular weight is 313 g/mol. The molecule has 0 bridgehead atoms. The van der Waals surface area contributed by atoms with E-state index in [0.717, 1.165) is 11.1 Å². The summed E-state index contributed by atoms with van der Waals surface area (Å²) in [5.41, 5.74) is 1.87. The first-order valence-electron chi connectivity index (χ1n) is 6.81. The second-order valence-electron chi connectivity index (χ2n) is 4.77. The number of rotatable bonds is 5. The van der Waals surface area contributed by atoms with Crippen molar-refractivity contribution in [3.8, 4) is 0 Å². The van der Waals surface area contributed by atoms with E-state index in [1.54, 1.807) is 6.92 Å². The minimum Gasteiger partial charge on any atom is -0.334 e. The van der Waals surface area contributed by atoms with Crippen LogP contribution in [0.15, 0.2) is 40.1 Å². The third-order valence-corrected chi connectivity index (χ3v) is 2.87. The average Bonchev–Trinajstić information content (AvgIpc) is 2.50. The Balaban J connectivity index is 1.93. The Morgan fingerprint density at radius 2 is 2.13 bits per heavy atom. The van der Waals surface area contributed by atoms with Gasteiger partial charge in [0.2, 0.25) is 12.0 Å². The van der Waals surface area contributed by atoms with Gasteiger partial charge < -0.3 is 5.32 Å². The zero-order chi connectivity index (χ0) is 16.7. The molecule has 0 atom stereocenters. The van der Waals surface area contributed by atoms with Crippen molar-refractivity contribution in [3.63, 3.8) is 0 Å². The zero-order valence-electron chi connectivity index (χ0n) is 12.4. The number of nitrogens with zero attached hydrogens (tertiary/aromatic N) is 2. The van der Waals surface area contributed by atoms with Crippen LogP contribution in [0, 0.1) is 6.92 Å². The second kappa shape index (κ2) is 7.67. The number of aromatic amines is 1. The molecule has 0 spiro atoms. The molecule has 0 fully saturated rings. The highest BCUT2D eigenvalue weighted by molar-refractivity contribution is 5.87. The van der Waals surface area contributed by atoms with Crippen LogP contribution in [0.3, 0.4) is 0 Å². The molecule has 0 aliphatic rings. The molecule has 0 saturated carbocycles. The van der Waals surface area contributed by atoms with Gasteiger partial charge in [0.25, 0.3) is 5.56 Å². The van der Waals surface area contributed by atoms with Crippen molar-refractivity contribution < 1.29 is 9.59 Å². The van der Waals surface area contributed by atoms with Gasteiger partial charge in [-0.3, -0.25) is 15.1 Å². The summed E-state index contributed by atoms with van der Waals surface area (Å²) in [6, 6.07) is 8.14. The summed E-state index contributed by atoms with van der Waals surface area (Å²) < 4.78 is 0. The highest BCUT2D eigenvalue weighted by Crippen LogP contribution is 2.06. The van der Waals surface area contributed by atoms with Crippen molar-refractivity contribution in [1.82, 2.24) is 15.3 Å². The molecule has 1 aromatic heterocycles. The highest BCUT2D eigenvalue weighted by atomic mass is 16.2. The van der Waals surface area contributed by atoms with E-state index in [1.165, 1.54) is 12.1 Å². The standard InChI is InChI=1S/C15H15N5O3/c1-10-5-13(22)19-14(18-10)20-15(23)17-8-12-4-2-3-11(6-12)7-16-9-21/h2-6H,7-8H2,1H3,(H3,17,18,19,20,22,23). The second-order valence-corrected chi connectivity index (χ2v) is 4.77. The van der Waals surface area contributed by atoms with Gasteiger partial charge in [-0.15, -0.1) is 0 Å². The number of carbonyl (C=O) groups is 1. The van der Waals surface area contributed by atoms with E-state index in [9.17, 15) is 14.4 Å². The van der Waals surface area contributed by atoms with E-state index in [2.05, 4.69) is 25.6 Å². The van der Waals surface area contributed by atoms with Crippen LogP contribution in [0.2, 0.25) is 0 Å². The fourth-order valence-electron chi connectivity index (χ4n) is 1.93. The maximum atomic E-state index is 11.8. The van der Waals surface area contributed by atoms with Crippen LogP contribution in [-0.4, -0.2) is 22.1 Å². The summed E-state index contributed by atoms with van der Waals surface area (Å²) in [5, 5.41) is 5.11. The minimum atomic E-state index is -0.491. The quantitative estimate of drug-likeness (QED) is 0.568. The lowest BCUT2D eigenvalue weighted by atomic mass is 10.1. The molecule has 23 heavy (non-hydrogen) atoms. The fraction of sp³-hybridized carbons (Fsp3) is 0.200. The topological polar surface area (TPSA) is 116 Å². The van der Waals surface area contributed by atoms with Crippen LogP contribution in [0.1, 0.15) is 16.8 Å². The molecule has 1 heterocycles. The first-order valence-corrected chi connectivity index (χ1v) is 6.81. The van der Waals surface area contributed by atoms with Gasteiger partial charge >= 0.3 is 6.03 Å². The number of hydrogen-bond donors (Lipinski definition) is 3. The molecular formula is C15H15N5O3. The predicted molar refractivity (Wildman–Crippen MR) is 83.7 cm³/mol. The van der Waals surface area contributed by atoms with E-state index in [1.807, 2.05) is 24.3 Å². The molecule has 0 aliphatic heterocycles. The predicted octanol–water partition coefficient (Wildman–Crippen LogP) is 1.24. The van der Waals surface area contributed by atoms with Crippen LogP contribution < -0.4 is 16.2 Å². The number of carbonyl (C=O) groups excluding carboxylic acids is 2. The van der Waals surface area contributed by atoms with Crippen LogP contribution in [0.4, 0.5) is 10.7 Å². The number of benzene rings is 1. The van der Waals surface area contributed by atoms with Crippen molar-refractivity contribution in [1.29, 1.82) is 0 Å². The highest BCUT2D eigenvalue weighted by Gasteiger charge is 2.05. The first kappa shape index (κ1) is 16.1. The summed E-state index contributed by atoms with van der Waals surface area (Å²) >= 11 is 0. The van der Waals surface area contributed by atoms with Gasteiger partial charge in [-0.1, -0.05) is 24.3 Å². The third-order valence-electron chi connectivity index (χ3n) is 2.87. The Hall–Kier alpha value is -3.25. The number of aromatic nitrogens is 2. The van der Waals surface area contributed by atoms with E-state index in [0.29, 0.717) is 5.69 Å². The molecule has 8 nitrogen and oxygen atoms in total. The number of urea groups is 1. The fourth-order valence-corrected chi connectivity index (χ4v) is 1.93. The van der Waals surface area contributed by atoms with Gasteiger partial charge in [0, 0.05) is 18.3 Å². The van der Waals surface area contributed by atoms with Gasteiger partial charge in [0.1, 0.15) is 0 Å². The summed E-state index contributed by atoms with van der Waals surface area (Å²) in [5.74, 6) is 0.0848. The summed E-state index contributed by atoms with van der Waals surface area (Å²) in [4.78, 5) is 43.1. The number of isocyanates is 1. The van der Waals surface area contributed by atoms with Crippen molar-refractivity contribution in [2.45, 2.75) is 20.0 Å². The number of amides is 2. The summed E-state index contributed by atoms with van der Waals surface area (Å²) in [6.45, 7) is 2.18. The molecule has 0 unspecified atom stereocenters. The summed E-state index contributed by atoms with van der Waals surface area (Å²) in [7, 11) is 0. The monoisotopic (exact) mass is 313 g/mol. The van der Waals surface area contributed by atoms with Crippen LogP contribution in [0.25, 0.3) is 0 Å². The zero-order valence-corrected chi connectivity index (χ0v) is 12.4. The van der Waals surface area contributed by atoms with E-state index < -0.39 is 6.03 Å². The number of hydrogen-bond acceptors (Lipinski definition) is 5. The molecule has 2 rings (SSSR count). The van der Waals surface area contributed by atoms with Crippen LogP contribution >= 0.6 is 0 Å². The van der Waals surface area contributed by atoms with Gasteiger partial charge in [-0.05, 0) is 18.1 Å². The smallest absolute Gasteiger partial charge is 0.321 e. The lowest BCUT2D eigenvalue weighted by molar-refractivity contribution is 0.251. The number of anilines is 1. The molecule has 2 aromatic rings. The van der Waals surface area contributed by atoms with E-state index >= 15 is 0 Å². The van der Waals surface area contributed by atoms with E-state index in [-0.39, 0.29) is 24.6 Å². The Labute approximate surface area is 131 Å². The molecule has 118 valence electrons. The van der Waals surface area contributed by atoms with Crippen molar-refractivity contribution in [2.75, 3.05) is 5.32 Å². The lowest BCUT2D eigenvalue weighted by Crippen LogP contribution is -2.30.